The molecule has 1 aliphatic rings. The first-order valence-corrected chi connectivity index (χ1v) is 5.36. The Morgan fingerprint density at radius 3 is 2.76 bits per heavy atom. The SMILES string of the molecule is CC1(C(=O)Cc2cccc([N+](=O)[O-])c2)COC1. The molecule has 17 heavy (non-hydrogen) atoms. The quantitative estimate of drug-likeness (QED) is 0.588. The van der Waals surface area contributed by atoms with Crippen molar-refractivity contribution in [1.82, 2.24) is 0 Å². The van der Waals surface area contributed by atoms with E-state index in [2.05, 4.69) is 0 Å². The third kappa shape index (κ3) is 2.34. The van der Waals surface area contributed by atoms with Crippen molar-refractivity contribution in [3.63, 3.8) is 0 Å². The van der Waals surface area contributed by atoms with Crippen molar-refractivity contribution in [3.8, 4) is 0 Å². The zero-order valence-electron chi connectivity index (χ0n) is 9.51. The van der Waals surface area contributed by atoms with Gasteiger partial charge in [0.1, 0.15) is 5.78 Å². The minimum atomic E-state index is -0.456. The fraction of sp³-hybridized carbons (Fsp3) is 0.417. The third-order valence-electron chi connectivity index (χ3n) is 3.00. The van der Waals surface area contributed by atoms with E-state index in [1.807, 2.05) is 6.92 Å². The van der Waals surface area contributed by atoms with Crippen LogP contribution in [0.15, 0.2) is 24.3 Å². The monoisotopic (exact) mass is 235 g/mol. The second kappa shape index (κ2) is 4.25. The largest absolute Gasteiger partial charge is 0.379 e. The normalized spacial score (nSPS) is 17.2. The van der Waals surface area contributed by atoms with E-state index in [1.54, 1.807) is 12.1 Å². The maximum atomic E-state index is 11.9. The Bertz CT molecular complexity index is 465. The van der Waals surface area contributed by atoms with Gasteiger partial charge in [0.2, 0.25) is 0 Å². The second-order valence-corrected chi connectivity index (χ2v) is 4.58. The lowest BCUT2D eigenvalue weighted by molar-refractivity contribution is -0.384. The number of non-ortho nitro benzene ring substituents is 1. The van der Waals surface area contributed by atoms with Gasteiger partial charge in [0.25, 0.3) is 5.69 Å². The van der Waals surface area contributed by atoms with Gasteiger partial charge in [-0.1, -0.05) is 12.1 Å². The fourth-order valence-electron chi connectivity index (χ4n) is 1.75. The third-order valence-corrected chi connectivity index (χ3v) is 3.00. The smallest absolute Gasteiger partial charge is 0.269 e. The topological polar surface area (TPSA) is 69.4 Å². The molecule has 1 aromatic rings. The van der Waals surface area contributed by atoms with Crippen molar-refractivity contribution in [3.05, 3.63) is 39.9 Å². The summed E-state index contributed by atoms with van der Waals surface area (Å²) in [6.45, 7) is 2.75. The molecule has 0 radical (unpaired) electrons. The van der Waals surface area contributed by atoms with E-state index in [1.165, 1.54) is 12.1 Å². The summed E-state index contributed by atoms with van der Waals surface area (Å²) in [4.78, 5) is 22.1. The Balaban J connectivity index is 2.10. The molecule has 0 amide bonds. The summed E-state index contributed by atoms with van der Waals surface area (Å²) in [5.41, 5.74) is 0.285. The lowest BCUT2D eigenvalue weighted by Gasteiger charge is -2.36. The molecule has 1 fully saturated rings. The van der Waals surface area contributed by atoms with E-state index < -0.39 is 10.3 Å². The standard InChI is InChI=1S/C12H13NO4/c1-12(7-17-8-12)11(14)6-9-3-2-4-10(5-9)13(15)16/h2-5H,6-8H2,1H3. The van der Waals surface area contributed by atoms with E-state index in [0.717, 1.165) is 0 Å². The molecule has 0 bridgehead atoms. The van der Waals surface area contributed by atoms with Gasteiger partial charge in [0.05, 0.1) is 23.6 Å². The number of benzene rings is 1. The lowest BCUT2D eigenvalue weighted by atomic mass is 9.81. The zero-order valence-corrected chi connectivity index (χ0v) is 9.51. The number of nitro benzene ring substituents is 1. The van der Waals surface area contributed by atoms with Crippen LogP contribution in [-0.2, 0) is 16.0 Å². The first-order chi connectivity index (χ1) is 8.01. The van der Waals surface area contributed by atoms with Gasteiger partial charge in [-0.3, -0.25) is 14.9 Å². The molecule has 1 aliphatic heterocycles. The Hall–Kier alpha value is -1.75. The molecular formula is C12H13NO4. The van der Waals surface area contributed by atoms with Crippen molar-refractivity contribution in [2.45, 2.75) is 13.3 Å². The van der Waals surface area contributed by atoms with E-state index in [-0.39, 0.29) is 17.9 Å². The predicted molar refractivity (Wildman–Crippen MR) is 60.7 cm³/mol. The minimum absolute atomic E-state index is 0.0188. The number of rotatable bonds is 4. The molecule has 1 saturated heterocycles. The van der Waals surface area contributed by atoms with Gasteiger partial charge in [-0.15, -0.1) is 0 Å². The van der Waals surface area contributed by atoms with E-state index in [0.29, 0.717) is 18.8 Å². The molecular weight excluding hydrogens is 222 g/mol. The maximum absolute atomic E-state index is 11.9. The number of carbonyl (C=O) groups is 1. The predicted octanol–water partition coefficient (Wildman–Crippen LogP) is 1.74. The molecule has 1 heterocycles. The van der Waals surface area contributed by atoms with Crippen molar-refractivity contribution in [1.29, 1.82) is 0 Å². The highest BCUT2D eigenvalue weighted by atomic mass is 16.6. The van der Waals surface area contributed by atoms with Gasteiger partial charge in [0.15, 0.2) is 0 Å². The molecule has 90 valence electrons. The molecule has 0 N–H and O–H groups in total. The van der Waals surface area contributed by atoms with Crippen LogP contribution in [0.5, 0.6) is 0 Å². The van der Waals surface area contributed by atoms with Gasteiger partial charge in [-0.05, 0) is 12.5 Å². The number of Topliss-reactive ketones (excluding diaryl/α,β-unsaturated/α-hetero) is 1. The van der Waals surface area contributed by atoms with Crippen LogP contribution in [0.1, 0.15) is 12.5 Å². The number of ketones is 1. The van der Waals surface area contributed by atoms with Crippen LogP contribution in [0, 0.1) is 15.5 Å². The number of nitrogens with zero attached hydrogens (tertiary/aromatic N) is 1. The highest BCUT2D eigenvalue weighted by Crippen LogP contribution is 2.29. The van der Waals surface area contributed by atoms with E-state index >= 15 is 0 Å². The van der Waals surface area contributed by atoms with Crippen LogP contribution in [0.2, 0.25) is 0 Å². The molecule has 0 aliphatic carbocycles. The van der Waals surface area contributed by atoms with Crippen LogP contribution in [0.25, 0.3) is 0 Å². The molecule has 2 rings (SSSR count). The van der Waals surface area contributed by atoms with Crippen LogP contribution in [0.3, 0.4) is 0 Å². The van der Waals surface area contributed by atoms with Crippen LogP contribution < -0.4 is 0 Å². The molecule has 0 aromatic heterocycles. The molecule has 5 nitrogen and oxygen atoms in total. The first kappa shape index (κ1) is 11.7. The summed E-state index contributed by atoms with van der Waals surface area (Å²) in [6, 6.07) is 6.19. The molecule has 1 aromatic carbocycles. The van der Waals surface area contributed by atoms with Crippen molar-refractivity contribution >= 4 is 11.5 Å². The molecule has 0 spiro atoms. The van der Waals surface area contributed by atoms with E-state index in [4.69, 9.17) is 4.74 Å². The van der Waals surface area contributed by atoms with Gasteiger partial charge < -0.3 is 4.74 Å². The van der Waals surface area contributed by atoms with Crippen LogP contribution in [-0.4, -0.2) is 23.9 Å². The molecule has 0 unspecified atom stereocenters. The second-order valence-electron chi connectivity index (χ2n) is 4.58. The summed E-state index contributed by atoms with van der Waals surface area (Å²) < 4.78 is 5.03. The number of carbonyl (C=O) groups excluding carboxylic acids is 1. The average molecular weight is 235 g/mol. The van der Waals surface area contributed by atoms with Crippen molar-refractivity contribution in [2.75, 3.05) is 13.2 Å². The Kier molecular flexibility index (Phi) is 2.93. The van der Waals surface area contributed by atoms with E-state index in [9.17, 15) is 14.9 Å². The average Bonchev–Trinajstić information content (AvgIpc) is 2.26. The minimum Gasteiger partial charge on any atom is -0.379 e. The lowest BCUT2D eigenvalue weighted by Crippen LogP contribution is -2.47. The fourth-order valence-corrected chi connectivity index (χ4v) is 1.75. The Morgan fingerprint density at radius 2 is 2.24 bits per heavy atom. The zero-order chi connectivity index (χ0) is 12.5. The van der Waals surface area contributed by atoms with Gasteiger partial charge >= 0.3 is 0 Å². The number of hydrogen-bond donors (Lipinski definition) is 0. The summed E-state index contributed by atoms with van der Waals surface area (Å²) in [5, 5.41) is 10.6. The first-order valence-electron chi connectivity index (χ1n) is 5.36. The van der Waals surface area contributed by atoms with Crippen molar-refractivity contribution in [2.24, 2.45) is 5.41 Å². The highest BCUT2D eigenvalue weighted by Gasteiger charge is 2.40. The summed E-state index contributed by atoms with van der Waals surface area (Å²) in [7, 11) is 0. The Labute approximate surface area is 98.5 Å². The van der Waals surface area contributed by atoms with Gasteiger partial charge in [-0.2, -0.15) is 0 Å². The number of ether oxygens (including phenoxy) is 1. The maximum Gasteiger partial charge on any atom is 0.269 e. The van der Waals surface area contributed by atoms with Crippen LogP contribution in [0.4, 0.5) is 5.69 Å². The van der Waals surface area contributed by atoms with Gasteiger partial charge in [0, 0.05) is 18.6 Å². The van der Waals surface area contributed by atoms with Crippen molar-refractivity contribution < 1.29 is 14.5 Å². The molecule has 5 heteroatoms. The van der Waals surface area contributed by atoms with Crippen LogP contribution >= 0.6 is 0 Å². The summed E-state index contributed by atoms with van der Waals surface area (Å²) in [5.74, 6) is 0.0734. The van der Waals surface area contributed by atoms with Gasteiger partial charge in [-0.25, -0.2) is 0 Å². The number of hydrogen-bond acceptors (Lipinski definition) is 4. The summed E-state index contributed by atoms with van der Waals surface area (Å²) in [6.07, 6.45) is 0.224. The summed E-state index contributed by atoms with van der Waals surface area (Å²) >= 11 is 0. The highest BCUT2D eigenvalue weighted by molar-refractivity contribution is 5.87. The molecule has 0 saturated carbocycles. The Morgan fingerprint density at radius 1 is 1.53 bits per heavy atom. The number of nitro groups is 1. The molecule has 0 atom stereocenters.